The number of morpholine rings is 1. The Hall–Kier alpha value is -2.23. The van der Waals surface area contributed by atoms with E-state index in [2.05, 4.69) is 44.4 Å². The van der Waals surface area contributed by atoms with Gasteiger partial charge in [-0.05, 0) is 51.9 Å². The first-order chi connectivity index (χ1) is 14.0. The van der Waals surface area contributed by atoms with E-state index in [4.69, 9.17) is 4.74 Å². The summed E-state index contributed by atoms with van der Waals surface area (Å²) in [7, 11) is 1.80. The van der Waals surface area contributed by atoms with Crippen LogP contribution in [0.5, 0.6) is 0 Å². The molecule has 2 saturated heterocycles. The number of ether oxygens (including phenoxy) is 1. The molecule has 1 amide bonds. The molecule has 30 heavy (non-hydrogen) atoms. The maximum absolute atomic E-state index is 12.7. The molecule has 2 unspecified atom stereocenters. The number of aromatic nitrogens is 4. The highest BCUT2D eigenvalue weighted by Crippen LogP contribution is 2.23. The van der Waals surface area contributed by atoms with E-state index in [1.807, 2.05) is 6.07 Å². The Balaban J connectivity index is 0.00000256. The minimum atomic E-state index is -0.236. The summed E-state index contributed by atoms with van der Waals surface area (Å²) in [5, 5.41) is 10.7. The summed E-state index contributed by atoms with van der Waals surface area (Å²) >= 11 is 0. The standard InChI is InChI=1S/C20H29N7O2.ClH/c1-13-11-27(12-14(2)29-13)17-5-4-16(10-22-17)19(28)24-20-23-18(25-26(20)3)15-6-8-21-9-7-15;/h4-5,10,13-15,21H,6-9,11-12H2,1-3H3,(H,23,24,25,28);1H. The number of hydrogen-bond donors (Lipinski definition) is 2. The van der Waals surface area contributed by atoms with Gasteiger partial charge < -0.3 is 15.0 Å². The second kappa shape index (κ2) is 9.72. The lowest BCUT2D eigenvalue weighted by molar-refractivity contribution is -0.00546. The second-order valence-electron chi connectivity index (χ2n) is 7.96. The fourth-order valence-corrected chi connectivity index (χ4v) is 4.01. The van der Waals surface area contributed by atoms with Crippen molar-refractivity contribution in [1.29, 1.82) is 0 Å². The van der Waals surface area contributed by atoms with E-state index < -0.39 is 0 Å². The zero-order chi connectivity index (χ0) is 20.4. The first kappa shape index (κ1) is 22.5. The molecule has 2 N–H and O–H groups in total. The van der Waals surface area contributed by atoms with Gasteiger partial charge in [-0.25, -0.2) is 9.67 Å². The molecule has 2 aromatic heterocycles. The van der Waals surface area contributed by atoms with E-state index in [0.29, 0.717) is 17.4 Å². The number of carbonyl (C=O) groups is 1. The summed E-state index contributed by atoms with van der Waals surface area (Å²) in [4.78, 5) is 23.9. The molecule has 0 saturated carbocycles. The van der Waals surface area contributed by atoms with E-state index in [1.165, 1.54) is 0 Å². The van der Waals surface area contributed by atoms with Crippen LogP contribution in [0, 0.1) is 0 Å². The van der Waals surface area contributed by atoms with Crippen molar-refractivity contribution in [1.82, 2.24) is 25.1 Å². The van der Waals surface area contributed by atoms with Gasteiger partial charge >= 0.3 is 0 Å². The Morgan fingerprint density at radius 2 is 1.90 bits per heavy atom. The number of aryl methyl sites for hydroxylation is 1. The number of hydrogen-bond acceptors (Lipinski definition) is 7. The minimum absolute atomic E-state index is 0. The Morgan fingerprint density at radius 3 is 2.53 bits per heavy atom. The molecule has 2 aliphatic rings. The number of piperidine rings is 1. The fraction of sp³-hybridized carbons (Fsp3) is 0.600. The SMILES string of the molecule is CC1CN(c2ccc(C(=O)Nc3nc(C4CCNCC4)nn3C)cn2)CC(C)O1.Cl. The van der Waals surface area contributed by atoms with Crippen LogP contribution in [0.1, 0.15) is 48.8 Å². The summed E-state index contributed by atoms with van der Waals surface area (Å²) in [6, 6.07) is 3.68. The van der Waals surface area contributed by atoms with E-state index in [9.17, 15) is 4.79 Å². The third kappa shape index (κ3) is 5.08. The lowest BCUT2D eigenvalue weighted by atomic mass is 9.98. The third-order valence-electron chi connectivity index (χ3n) is 5.46. The highest BCUT2D eigenvalue weighted by atomic mass is 35.5. The number of rotatable bonds is 4. The van der Waals surface area contributed by atoms with Crippen molar-refractivity contribution in [2.45, 2.75) is 44.8 Å². The molecule has 0 aliphatic carbocycles. The van der Waals surface area contributed by atoms with Gasteiger partial charge in [-0.3, -0.25) is 10.1 Å². The van der Waals surface area contributed by atoms with Crippen LogP contribution in [0.4, 0.5) is 11.8 Å². The second-order valence-corrected chi connectivity index (χ2v) is 7.96. The maximum atomic E-state index is 12.7. The monoisotopic (exact) mass is 435 g/mol. The quantitative estimate of drug-likeness (QED) is 0.757. The zero-order valence-electron chi connectivity index (χ0n) is 17.7. The predicted octanol–water partition coefficient (Wildman–Crippen LogP) is 1.96. The van der Waals surface area contributed by atoms with Gasteiger partial charge in [0, 0.05) is 32.3 Å². The predicted molar refractivity (Wildman–Crippen MR) is 118 cm³/mol. The van der Waals surface area contributed by atoms with E-state index >= 15 is 0 Å². The summed E-state index contributed by atoms with van der Waals surface area (Å²) in [6.07, 6.45) is 3.96. The largest absolute Gasteiger partial charge is 0.372 e. The van der Waals surface area contributed by atoms with Gasteiger partial charge in [0.15, 0.2) is 5.82 Å². The molecule has 0 spiro atoms. The van der Waals surface area contributed by atoms with Gasteiger partial charge in [0.05, 0.1) is 17.8 Å². The van der Waals surface area contributed by atoms with Crippen LogP contribution < -0.4 is 15.5 Å². The molecule has 10 heteroatoms. The molecule has 2 aliphatic heterocycles. The first-order valence-corrected chi connectivity index (χ1v) is 10.3. The van der Waals surface area contributed by atoms with Crippen LogP contribution >= 0.6 is 12.4 Å². The van der Waals surface area contributed by atoms with E-state index in [0.717, 1.165) is 50.7 Å². The van der Waals surface area contributed by atoms with Crippen LogP contribution in [-0.4, -0.2) is 64.0 Å². The fourth-order valence-electron chi connectivity index (χ4n) is 4.01. The van der Waals surface area contributed by atoms with Gasteiger partial charge in [-0.2, -0.15) is 10.1 Å². The topological polar surface area (TPSA) is 97.2 Å². The minimum Gasteiger partial charge on any atom is -0.372 e. The lowest BCUT2D eigenvalue weighted by Crippen LogP contribution is -2.45. The lowest BCUT2D eigenvalue weighted by Gasteiger charge is -2.36. The molecule has 9 nitrogen and oxygen atoms in total. The average molecular weight is 436 g/mol. The highest BCUT2D eigenvalue weighted by Gasteiger charge is 2.24. The molecule has 4 heterocycles. The Morgan fingerprint density at radius 1 is 1.20 bits per heavy atom. The van der Waals surface area contributed by atoms with Crippen LogP contribution in [0.3, 0.4) is 0 Å². The zero-order valence-corrected chi connectivity index (χ0v) is 18.5. The molecule has 2 fully saturated rings. The summed E-state index contributed by atoms with van der Waals surface area (Å²) in [6.45, 7) is 7.65. The van der Waals surface area contributed by atoms with Gasteiger partial charge in [-0.1, -0.05) is 0 Å². The van der Waals surface area contributed by atoms with Crippen molar-refractivity contribution in [2.24, 2.45) is 7.05 Å². The van der Waals surface area contributed by atoms with Crippen molar-refractivity contribution in [3.05, 3.63) is 29.7 Å². The molecule has 4 rings (SSSR count). The Labute approximate surface area is 183 Å². The molecule has 2 aromatic rings. The number of nitrogens with zero attached hydrogens (tertiary/aromatic N) is 5. The maximum Gasteiger partial charge on any atom is 0.259 e. The van der Waals surface area contributed by atoms with Crippen molar-refractivity contribution >= 4 is 30.1 Å². The molecular formula is C20H30ClN7O2. The third-order valence-corrected chi connectivity index (χ3v) is 5.46. The van der Waals surface area contributed by atoms with Crippen LogP contribution in [-0.2, 0) is 11.8 Å². The van der Waals surface area contributed by atoms with Gasteiger partial charge in [-0.15, -0.1) is 12.4 Å². The molecule has 2 atom stereocenters. The number of nitrogens with one attached hydrogen (secondary N) is 2. The number of carbonyl (C=O) groups excluding carboxylic acids is 1. The summed E-state index contributed by atoms with van der Waals surface area (Å²) in [5.74, 6) is 2.22. The Bertz CT molecular complexity index is 841. The van der Waals surface area contributed by atoms with Gasteiger partial charge in [0.1, 0.15) is 5.82 Å². The smallest absolute Gasteiger partial charge is 0.259 e. The van der Waals surface area contributed by atoms with Gasteiger partial charge in [0.2, 0.25) is 5.95 Å². The number of anilines is 2. The van der Waals surface area contributed by atoms with Crippen molar-refractivity contribution in [2.75, 3.05) is 36.4 Å². The molecular weight excluding hydrogens is 406 g/mol. The number of amides is 1. The number of halogens is 1. The Kier molecular flexibility index (Phi) is 7.27. The molecule has 164 valence electrons. The van der Waals surface area contributed by atoms with Crippen LogP contribution in [0.2, 0.25) is 0 Å². The number of pyridine rings is 1. The van der Waals surface area contributed by atoms with E-state index in [1.54, 1.807) is 24.0 Å². The van der Waals surface area contributed by atoms with E-state index in [-0.39, 0.29) is 30.5 Å². The normalized spacial score (nSPS) is 22.4. The van der Waals surface area contributed by atoms with Crippen molar-refractivity contribution in [3.8, 4) is 0 Å². The summed E-state index contributed by atoms with van der Waals surface area (Å²) < 4.78 is 7.40. The van der Waals surface area contributed by atoms with Crippen LogP contribution in [0.15, 0.2) is 18.3 Å². The van der Waals surface area contributed by atoms with Crippen molar-refractivity contribution < 1.29 is 9.53 Å². The average Bonchev–Trinajstić information content (AvgIpc) is 3.08. The summed E-state index contributed by atoms with van der Waals surface area (Å²) in [5.41, 5.74) is 0.495. The molecule has 0 bridgehead atoms. The van der Waals surface area contributed by atoms with Crippen molar-refractivity contribution in [3.63, 3.8) is 0 Å². The molecule has 0 aromatic carbocycles. The van der Waals surface area contributed by atoms with Gasteiger partial charge in [0.25, 0.3) is 5.91 Å². The van der Waals surface area contributed by atoms with Crippen LogP contribution in [0.25, 0.3) is 0 Å². The first-order valence-electron chi connectivity index (χ1n) is 10.3. The highest BCUT2D eigenvalue weighted by molar-refractivity contribution is 6.03. The molecule has 0 radical (unpaired) electrons.